The van der Waals surface area contributed by atoms with E-state index in [-0.39, 0.29) is 6.03 Å². The number of para-hydroxylation sites is 1. The van der Waals surface area contributed by atoms with Crippen molar-refractivity contribution in [2.75, 3.05) is 11.9 Å². The Kier molecular flexibility index (Phi) is 6.34. The van der Waals surface area contributed by atoms with Gasteiger partial charge in [-0.1, -0.05) is 38.3 Å². The van der Waals surface area contributed by atoms with Gasteiger partial charge >= 0.3 is 6.03 Å². The Balaban J connectivity index is 2.34. The van der Waals surface area contributed by atoms with Gasteiger partial charge in [0.15, 0.2) is 0 Å². The third-order valence-corrected chi connectivity index (χ3v) is 2.61. The largest absolute Gasteiger partial charge is 0.338 e. The minimum Gasteiger partial charge on any atom is -0.338 e. The molecule has 2 N–H and O–H groups in total. The fourth-order valence-corrected chi connectivity index (χ4v) is 1.61. The van der Waals surface area contributed by atoms with Crippen molar-refractivity contribution < 1.29 is 4.79 Å². The maximum atomic E-state index is 11.6. The number of carbonyl (C=O) groups excluding carboxylic acids is 1. The molecule has 0 unspecified atom stereocenters. The van der Waals surface area contributed by atoms with Crippen molar-refractivity contribution in [3.63, 3.8) is 0 Å². The first kappa shape index (κ1) is 14.0. The van der Waals surface area contributed by atoms with Crippen molar-refractivity contribution in [3.8, 4) is 6.07 Å². The molecule has 0 aliphatic carbocycles. The SMILES string of the molecule is CCCCCCNC(=O)Nc1ccccc1C#N. The molecule has 0 saturated heterocycles. The fraction of sp³-hybridized carbons (Fsp3) is 0.429. The predicted octanol–water partition coefficient (Wildman–Crippen LogP) is 3.26. The summed E-state index contributed by atoms with van der Waals surface area (Å²) in [4.78, 5) is 11.6. The van der Waals surface area contributed by atoms with Crippen LogP contribution in [0.15, 0.2) is 24.3 Å². The summed E-state index contributed by atoms with van der Waals surface area (Å²) in [6, 6.07) is 8.74. The Labute approximate surface area is 108 Å². The van der Waals surface area contributed by atoms with E-state index in [1.165, 1.54) is 12.8 Å². The molecule has 4 nitrogen and oxygen atoms in total. The normalized spacial score (nSPS) is 9.56. The van der Waals surface area contributed by atoms with E-state index in [4.69, 9.17) is 5.26 Å². The number of unbranched alkanes of at least 4 members (excludes halogenated alkanes) is 3. The highest BCUT2D eigenvalue weighted by molar-refractivity contribution is 5.90. The van der Waals surface area contributed by atoms with Crippen LogP contribution >= 0.6 is 0 Å². The summed E-state index contributed by atoms with van der Waals surface area (Å²) in [5.74, 6) is 0. The summed E-state index contributed by atoms with van der Waals surface area (Å²) in [5.41, 5.74) is 1.02. The highest BCUT2D eigenvalue weighted by Gasteiger charge is 2.04. The zero-order chi connectivity index (χ0) is 13.2. The van der Waals surface area contributed by atoms with Crippen molar-refractivity contribution in [1.29, 1.82) is 5.26 Å². The van der Waals surface area contributed by atoms with Gasteiger partial charge in [-0.25, -0.2) is 4.79 Å². The summed E-state index contributed by atoms with van der Waals surface area (Å²) in [6.45, 7) is 2.82. The zero-order valence-corrected chi connectivity index (χ0v) is 10.7. The summed E-state index contributed by atoms with van der Waals surface area (Å²) in [7, 11) is 0. The molecule has 1 rings (SSSR count). The second-order valence-corrected chi connectivity index (χ2v) is 4.10. The summed E-state index contributed by atoms with van der Waals surface area (Å²) in [5, 5.41) is 14.3. The molecule has 0 radical (unpaired) electrons. The van der Waals surface area contributed by atoms with Crippen molar-refractivity contribution >= 4 is 11.7 Å². The molecular weight excluding hydrogens is 226 g/mol. The van der Waals surface area contributed by atoms with Crippen LogP contribution in [-0.4, -0.2) is 12.6 Å². The third kappa shape index (κ3) is 4.88. The molecule has 1 aromatic carbocycles. The Morgan fingerprint density at radius 3 is 2.78 bits per heavy atom. The van der Waals surface area contributed by atoms with E-state index in [9.17, 15) is 4.79 Å². The number of hydrogen-bond acceptors (Lipinski definition) is 2. The van der Waals surface area contributed by atoms with Crippen LogP contribution in [-0.2, 0) is 0 Å². The van der Waals surface area contributed by atoms with Crippen molar-refractivity contribution in [2.24, 2.45) is 0 Å². The van der Waals surface area contributed by atoms with Crippen molar-refractivity contribution in [1.82, 2.24) is 5.32 Å². The van der Waals surface area contributed by atoms with E-state index in [1.54, 1.807) is 24.3 Å². The molecule has 0 aliphatic heterocycles. The molecular formula is C14H19N3O. The van der Waals surface area contributed by atoms with Crippen molar-refractivity contribution in [3.05, 3.63) is 29.8 Å². The van der Waals surface area contributed by atoms with Crippen LogP contribution in [0.25, 0.3) is 0 Å². The van der Waals surface area contributed by atoms with Gasteiger partial charge in [-0.2, -0.15) is 5.26 Å². The zero-order valence-electron chi connectivity index (χ0n) is 10.7. The monoisotopic (exact) mass is 245 g/mol. The highest BCUT2D eigenvalue weighted by atomic mass is 16.2. The first-order valence-corrected chi connectivity index (χ1v) is 6.32. The number of hydrogen-bond donors (Lipinski definition) is 2. The molecule has 18 heavy (non-hydrogen) atoms. The minimum absolute atomic E-state index is 0.255. The van der Waals surface area contributed by atoms with E-state index < -0.39 is 0 Å². The van der Waals surface area contributed by atoms with Crippen molar-refractivity contribution in [2.45, 2.75) is 32.6 Å². The third-order valence-electron chi connectivity index (χ3n) is 2.61. The lowest BCUT2D eigenvalue weighted by Crippen LogP contribution is -2.29. The van der Waals surface area contributed by atoms with Crippen LogP contribution in [0.5, 0.6) is 0 Å². The Morgan fingerprint density at radius 1 is 1.28 bits per heavy atom. The number of carbonyl (C=O) groups is 1. The standard InChI is InChI=1S/C14H19N3O/c1-2-3-4-7-10-16-14(18)17-13-9-6-5-8-12(13)11-15/h5-6,8-9H,2-4,7,10H2,1H3,(H2,16,17,18). The lowest BCUT2D eigenvalue weighted by atomic mass is 10.2. The quantitative estimate of drug-likeness (QED) is 0.755. The first-order chi connectivity index (χ1) is 8.77. The van der Waals surface area contributed by atoms with Gasteiger partial charge < -0.3 is 10.6 Å². The summed E-state index contributed by atoms with van der Waals surface area (Å²) in [6.07, 6.45) is 4.50. The van der Waals surface area contributed by atoms with E-state index in [2.05, 4.69) is 17.6 Å². The van der Waals surface area contributed by atoms with Gasteiger partial charge in [0, 0.05) is 6.54 Å². The van der Waals surface area contributed by atoms with E-state index >= 15 is 0 Å². The van der Waals surface area contributed by atoms with Crippen LogP contribution in [0.4, 0.5) is 10.5 Å². The number of amides is 2. The number of nitriles is 1. The summed E-state index contributed by atoms with van der Waals surface area (Å²) < 4.78 is 0. The number of nitrogens with one attached hydrogen (secondary N) is 2. The lowest BCUT2D eigenvalue weighted by Gasteiger charge is -2.08. The fourth-order valence-electron chi connectivity index (χ4n) is 1.61. The molecule has 0 bridgehead atoms. The number of nitrogens with zero attached hydrogens (tertiary/aromatic N) is 1. The molecule has 1 aromatic rings. The van der Waals surface area contributed by atoms with E-state index in [0.29, 0.717) is 17.8 Å². The second kappa shape index (κ2) is 8.13. The molecule has 4 heteroatoms. The second-order valence-electron chi connectivity index (χ2n) is 4.10. The molecule has 0 spiro atoms. The van der Waals surface area contributed by atoms with Gasteiger partial charge in [0.2, 0.25) is 0 Å². The Bertz CT molecular complexity index is 423. The van der Waals surface area contributed by atoms with Crippen LogP contribution in [0.3, 0.4) is 0 Å². The van der Waals surface area contributed by atoms with Gasteiger partial charge in [0.05, 0.1) is 11.3 Å². The molecule has 0 saturated carbocycles. The lowest BCUT2D eigenvalue weighted by molar-refractivity contribution is 0.252. The van der Waals surface area contributed by atoms with Crippen LogP contribution in [0.1, 0.15) is 38.2 Å². The van der Waals surface area contributed by atoms with Crippen LogP contribution in [0.2, 0.25) is 0 Å². The van der Waals surface area contributed by atoms with Gasteiger partial charge in [-0.15, -0.1) is 0 Å². The number of rotatable bonds is 6. The molecule has 96 valence electrons. The van der Waals surface area contributed by atoms with Gasteiger partial charge in [-0.3, -0.25) is 0 Å². The summed E-state index contributed by atoms with van der Waals surface area (Å²) >= 11 is 0. The number of anilines is 1. The molecule has 0 atom stereocenters. The minimum atomic E-state index is -0.255. The van der Waals surface area contributed by atoms with Crippen LogP contribution < -0.4 is 10.6 Å². The molecule has 0 fully saturated rings. The first-order valence-electron chi connectivity index (χ1n) is 6.32. The molecule has 2 amide bonds. The van der Waals surface area contributed by atoms with E-state index in [0.717, 1.165) is 12.8 Å². The maximum absolute atomic E-state index is 11.6. The smallest absolute Gasteiger partial charge is 0.319 e. The Morgan fingerprint density at radius 2 is 2.06 bits per heavy atom. The van der Waals surface area contributed by atoms with Crippen LogP contribution in [0, 0.1) is 11.3 Å². The van der Waals surface area contributed by atoms with Gasteiger partial charge in [-0.05, 0) is 18.6 Å². The van der Waals surface area contributed by atoms with Gasteiger partial charge in [0.25, 0.3) is 0 Å². The topological polar surface area (TPSA) is 64.9 Å². The molecule has 0 heterocycles. The highest BCUT2D eigenvalue weighted by Crippen LogP contribution is 2.12. The predicted molar refractivity (Wildman–Crippen MR) is 72.3 cm³/mol. The maximum Gasteiger partial charge on any atom is 0.319 e. The number of urea groups is 1. The van der Waals surface area contributed by atoms with E-state index in [1.807, 2.05) is 6.07 Å². The average molecular weight is 245 g/mol. The molecule has 0 aromatic heterocycles. The van der Waals surface area contributed by atoms with Gasteiger partial charge in [0.1, 0.15) is 6.07 Å². The molecule has 0 aliphatic rings. The number of benzene rings is 1. The average Bonchev–Trinajstić information content (AvgIpc) is 2.39. The Hall–Kier alpha value is -2.02.